The van der Waals surface area contributed by atoms with Gasteiger partial charge < -0.3 is 10.2 Å². The Morgan fingerprint density at radius 3 is 3.11 bits per heavy atom. The van der Waals surface area contributed by atoms with Crippen LogP contribution in [-0.2, 0) is 11.3 Å². The highest BCUT2D eigenvalue weighted by atomic mass is 16.2. The van der Waals surface area contributed by atoms with Crippen LogP contribution in [0.3, 0.4) is 0 Å². The van der Waals surface area contributed by atoms with Gasteiger partial charge in [0.1, 0.15) is 0 Å². The van der Waals surface area contributed by atoms with Crippen molar-refractivity contribution in [1.29, 1.82) is 0 Å². The van der Waals surface area contributed by atoms with Crippen LogP contribution in [0.1, 0.15) is 26.7 Å². The molecule has 5 heteroatoms. The number of rotatable bonds is 6. The summed E-state index contributed by atoms with van der Waals surface area (Å²) >= 11 is 0. The molecule has 1 fully saturated rings. The fraction of sp³-hybridized carbons (Fsp3) is 0.692. The van der Waals surface area contributed by atoms with E-state index in [1.807, 2.05) is 21.8 Å². The summed E-state index contributed by atoms with van der Waals surface area (Å²) in [6.07, 6.45) is 5.68. The van der Waals surface area contributed by atoms with E-state index in [4.69, 9.17) is 0 Å². The molecule has 100 valence electrons. The third kappa shape index (κ3) is 2.90. The Morgan fingerprint density at radius 1 is 1.61 bits per heavy atom. The smallest absolute Gasteiger partial charge is 0.240 e. The fourth-order valence-corrected chi connectivity index (χ4v) is 2.43. The fourth-order valence-electron chi connectivity index (χ4n) is 2.43. The van der Waals surface area contributed by atoms with E-state index in [9.17, 15) is 4.79 Å². The van der Waals surface area contributed by atoms with Gasteiger partial charge >= 0.3 is 0 Å². The van der Waals surface area contributed by atoms with Crippen LogP contribution in [0.15, 0.2) is 18.5 Å². The first-order valence-corrected chi connectivity index (χ1v) is 6.73. The van der Waals surface area contributed by atoms with Crippen molar-refractivity contribution in [3.05, 3.63) is 18.5 Å². The summed E-state index contributed by atoms with van der Waals surface area (Å²) in [5.41, 5.74) is 0. The van der Waals surface area contributed by atoms with Gasteiger partial charge in [-0.3, -0.25) is 9.48 Å². The monoisotopic (exact) mass is 250 g/mol. The summed E-state index contributed by atoms with van der Waals surface area (Å²) in [5.74, 6) is 0.239. The van der Waals surface area contributed by atoms with Crippen LogP contribution in [0.4, 0.5) is 0 Å². The molecule has 2 atom stereocenters. The highest BCUT2D eigenvalue weighted by molar-refractivity contribution is 5.84. The van der Waals surface area contributed by atoms with Crippen LogP contribution in [0.2, 0.25) is 0 Å². The molecule has 0 bridgehead atoms. The minimum atomic E-state index is 0.0185. The normalized spacial score (nSPS) is 21.6. The summed E-state index contributed by atoms with van der Waals surface area (Å²) in [4.78, 5) is 14.2. The molecule has 0 aromatic carbocycles. The molecule has 0 aliphatic carbocycles. The first kappa shape index (κ1) is 13.1. The Balaban J connectivity index is 1.88. The molecule has 1 aliphatic heterocycles. The second kappa shape index (κ2) is 6.00. The van der Waals surface area contributed by atoms with Gasteiger partial charge in [0.2, 0.25) is 5.91 Å². The van der Waals surface area contributed by atoms with Gasteiger partial charge in [-0.25, -0.2) is 0 Å². The van der Waals surface area contributed by atoms with Gasteiger partial charge in [0.25, 0.3) is 0 Å². The Bertz CT molecular complexity index is 376. The summed E-state index contributed by atoms with van der Waals surface area (Å²) in [6.45, 7) is 6.73. The van der Waals surface area contributed by atoms with Gasteiger partial charge in [-0.1, -0.05) is 6.92 Å². The number of hydrogen-bond donors (Lipinski definition) is 1. The first-order valence-electron chi connectivity index (χ1n) is 6.73. The summed E-state index contributed by atoms with van der Waals surface area (Å²) in [6, 6.07) is 2.13. The second-order valence-electron chi connectivity index (χ2n) is 4.90. The highest BCUT2D eigenvalue weighted by Gasteiger charge is 2.33. The van der Waals surface area contributed by atoms with Crippen molar-refractivity contribution in [3.8, 4) is 0 Å². The van der Waals surface area contributed by atoms with Gasteiger partial charge in [0, 0.05) is 25.0 Å². The summed E-state index contributed by atoms with van der Waals surface area (Å²) in [5, 5.41) is 7.50. The lowest BCUT2D eigenvalue weighted by molar-refractivity contribution is -0.131. The Hall–Kier alpha value is -1.36. The van der Waals surface area contributed by atoms with Crippen LogP contribution in [0.5, 0.6) is 0 Å². The molecule has 5 nitrogen and oxygen atoms in total. The maximum atomic E-state index is 12.2. The minimum absolute atomic E-state index is 0.0185. The van der Waals surface area contributed by atoms with Crippen molar-refractivity contribution < 1.29 is 4.79 Å². The van der Waals surface area contributed by atoms with Crippen molar-refractivity contribution in [1.82, 2.24) is 20.0 Å². The van der Waals surface area contributed by atoms with Gasteiger partial charge in [-0.2, -0.15) is 5.10 Å². The van der Waals surface area contributed by atoms with Crippen LogP contribution in [0, 0.1) is 0 Å². The summed E-state index contributed by atoms with van der Waals surface area (Å²) in [7, 11) is 0. The standard InChI is InChI=1S/C13H22N4O/c1-3-6-14-12-5-9-17(13(12)18)11(2)10-16-8-4-7-15-16/h4,7-8,11-12,14H,3,5-6,9-10H2,1-2H3. The molecule has 1 amide bonds. The Kier molecular flexibility index (Phi) is 4.36. The molecule has 1 saturated heterocycles. The van der Waals surface area contributed by atoms with Crippen molar-refractivity contribution in [2.75, 3.05) is 13.1 Å². The lowest BCUT2D eigenvalue weighted by Crippen LogP contribution is -2.43. The van der Waals surface area contributed by atoms with E-state index in [2.05, 4.69) is 24.3 Å². The molecule has 2 unspecified atom stereocenters. The lowest BCUT2D eigenvalue weighted by Gasteiger charge is -2.24. The largest absolute Gasteiger partial charge is 0.337 e. The number of nitrogens with one attached hydrogen (secondary N) is 1. The van der Waals surface area contributed by atoms with Crippen LogP contribution in [-0.4, -0.2) is 45.8 Å². The van der Waals surface area contributed by atoms with Crippen molar-refractivity contribution in [2.45, 2.75) is 45.3 Å². The second-order valence-corrected chi connectivity index (χ2v) is 4.90. The molecule has 0 spiro atoms. The van der Waals surface area contributed by atoms with Crippen molar-refractivity contribution in [2.24, 2.45) is 0 Å². The third-order valence-corrected chi connectivity index (χ3v) is 3.42. The quantitative estimate of drug-likeness (QED) is 0.815. The van der Waals surface area contributed by atoms with Crippen molar-refractivity contribution >= 4 is 5.91 Å². The zero-order chi connectivity index (χ0) is 13.0. The van der Waals surface area contributed by atoms with Crippen LogP contribution < -0.4 is 5.32 Å². The molecule has 1 aromatic heterocycles. The number of carbonyl (C=O) groups is 1. The van der Waals surface area contributed by atoms with E-state index in [0.29, 0.717) is 0 Å². The maximum Gasteiger partial charge on any atom is 0.240 e. The molecular weight excluding hydrogens is 228 g/mol. The maximum absolute atomic E-state index is 12.2. The number of amides is 1. The summed E-state index contributed by atoms with van der Waals surface area (Å²) < 4.78 is 1.88. The van der Waals surface area contributed by atoms with Gasteiger partial charge in [0.05, 0.1) is 12.6 Å². The van der Waals surface area contributed by atoms with Gasteiger partial charge in [-0.05, 0) is 32.4 Å². The number of hydrogen-bond acceptors (Lipinski definition) is 3. The van der Waals surface area contributed by atoms with Crippen LogP contribution in [0.25, 0.3) is 0 Å². The van der Waals surface area contributed by atoms with E-state index < -0.39 is 0 Å². The Labute approximate surface area is 108 Å². The topological polar surface area (TPSA) is 50.2 Å². The molecule has 1 N–H and O–H groups in total. The van der Waals surface area contributed by atoms with Gasteiger partial charge in [-0.15, -0.1) is 0 Å². The van der Waals surface area contributed by atoms with E-state index in [1.165, 1.54) is 0 Å². The molecule has 1 aromatic rings. The number of likely N-dealkylation sites (tertiary alicyclic amines) is 1. The molecular formula is C13H22N4O. The number of aromatic nitrogens is 2. The molecule has 2 rings (SSSR count). The van der Waals surface area contributed by atoms with E-state index in [-0.39, 0.29) is 18.0 Å². The number of carbonyl (C=O) groups excluding carboxylic acids is 1. The van der Waals surface area contributed by atoms with Crippen LogP contribution >= 0.6 is 0 Å². The molecule has 0 radical (unpaired) electrons. The van der Waals surface area contributed by atoms with Crippen molar-refractivity contribution in [3.63, 3.8) is 0 Å². The van der Waals surface area contributed by atoms with Gasteiger partial charge in [0.15, 0.2) is 0 Å². The zero-order valence-electron chi connectivity index (χ0n) is 11.2. The highest BCUT2D eigenvalue weighted by Crippen LogP contribution is 2.15. The third-order valence-electron chi connectivity index (χ3n) is 3.42. The van der Waals surface area contributed by atoms with E-state index >= 15 is 0 Å². The average Bonchev–Trinajstić information content (AvgIpc) is 2.97. The molecule has 0 saturated carbocycles. The lowest BCUT2D eigenvalue weighted by atomic mass is 10.2. The first-order chi connectivity index (χ1) is 8.72. The zero-order valence-corrected chi connectivity index (χ0v) is 11.2. The number of nitrogens with zero attached hydrogens (tertiary/aromatic N) is 3. The predicted octanol–water partition coefficient (Wildman–Crippen LogP) is 0.872. The minimum Gasteiger partial charge on any atom is -0.337 e. The molecule has 18 heavy (non-hydrogen) atoms. The van der Waals surface area contributed by atoms with E-state index in [0.717, 1.165) is 32.5 Å². The van der Waals surface area contributed by atoms with E-state index in [1.54, 1.807) is 6.20 Å². The molecule has 2 heterocycles. The average molecular weight is 250 g/mol. The Morgan fingerprint density at radius 2 is 2.44 bits per heavy atom. The SMILES string of the molecule is CCCNC1CCN(C(C)Cn2cccn2)C1=O. The predicted molar refractivity (Wildman–Crippen MR) is 70.1 cm³/mol. The molecule has 1 aliphatic rings.